The standard InChI is InChI=1S/C64H114N2O24.C18H33NO4/c1-5-64(40-82-34-26-48(72)21-10-6-8-19-46(70)23-12-15-31-85-61-43(2)55(76)58(79)50(37-67)88-61,41-83-35-27-49(73)22-11-7-9-20-47(71)24-13-16-32-86-62-44(3)56(77)59(80)51(38-68)89-62)42-84-36-28-54(75)66-30-18-29-65-53(74)25-14-17-33-87-63-45(4)57(78)60(81)52(39-69)90-63;1-15(21)10-8-6-4-2-3-5-7-9-11-18(23)19-13-17(22)12-16(19)14-20/h43-45,50-52,55-63,67-69,76-81H,5-42H2,1-4H3,(H,65,74)(H,66,75);16-17,20,22H,2-14H2,1H3/t;16-,17+/m.0/s1. The summed E-state index contributed by atoms with van der Waals surface area (Å²) in [6.07, 6.45) is 9.92. The van der Waals surface area contributed by atoms with Gasteiger partial charge in [-0.15, -0.1) is 0 Å². The molecule has 0 bridgehead atoms. The average Bonchev–Trinajstić information content (AvgIpc) is 1.69. The molecule has 3 amide bonds. The van der Waals surface area contributed by atoms with Crippen molar-refractivity contribution in [2.75, 3.05) is 106 Å². The van der Waals surface area contributed by atoms with Crippen molar-refractivity contribution in [2.45, 2.75) is 345 Å². The van der Waals surface area contributed by atoms with Crippen LogP contribution in [0.15, 0.2) is 0 Å². The van der Waals surface area contributed by atoms with Crippen molar-refractivity contribution < 1.29 is 137 Å². The van der Waals surface area contributed by atoms with E-state index in [1.54, 1.807) is 32.6 Å². The van der Waals surface area contributed by atoms with Crippen LogP contribution in [0.3, 0.4) is 0 Å². The lowest BCUT2D eigenvalue weighted by Gasteiger charge is -2.40. The van der Waals surface area contributed by atoms with Crippen molar-refractivity contribution in [3.8, 4) is 0 Å². The summed E-state index contributed by atoms with van der Waals surface area (Å²) in [5.41, 5.74) is -0.645. The number of β-amino-alcohol motifs (C(OH)–C–C–N with tert-alkyl or cyclic N) is 1. The van der Waals surface area contributed by atoms with E-state index in [4.69, 9.17) is 42.6 Å². The van der Waals surface area contributed by atoms with Crippen LogP contribution in [-0.4, -0.2) is 299 Å². The highest BCUT2D eigenvalue weighted by molar-refractivity contribution is 5.80. The summed E-state index contributed by atoms with van der Waals surface area (Å²) in [6, 6.07) is -0.201. The first kappa shape index (κ1) is 103. The highest BCUT2D eigenvalue weighted by Gasteiger charge is 2.45. The molecule has 31 nitrogen and oxygen atoms in total. The predicted octanol–water partition coefficient (Wildman–Crippen LogP) is 4.62. The number of unbranched alkanes of at least 4 members (excludes halogenated alkanes) is 14. The Balaban J connectivity index is 0.00000122. The molecule has 4 heterocycles. The second kappa shape index (κ2) is 61.3. The van der Waals surface area contributed by atoms with E-state index in [0.29, 0.717) is 168 Å². The maximum atomic E-state index is 12.8. The molecule has 0 aliphatic carbocycles. The van der Waals surface area contributed by atoms with E-state index < -0.39 is 123 Å². The molecule has 4 rings (SSSR count). The average molecular weight is 1620 g/mol. The van der Waals surface area contributed by atoms with Gasteiger partial charge in [-0.05, 0) is 103 Å². The molecule has 113 heavy (non-hydrogen) atoms. The van der Waals surface area contributed by atoms with Crippen LogP contribution in [0.25, 0.3) is 0 Å². The van der Waals surface area contributed by atoms with E-state index in [9.17, 15) is 94.5 Å². The van der Waals surface area contributed by atoms with Crippen LogP contribution in [0.4, 0.5) is 0 Å². The minimum atomic E-state index is -1.21. The fourth-order valence-corrected chi connectivity index (χ4v) is 14.0. The molecule has 4 saturated heterocycles. The highest BCUT2D eigenvalue weighted by Crippen LogP contribution is 2.31. The number of Topliss-reactive ketones (excluding diaryl/α,β-unsaturated/α-hetero) is 5. The van der Waals surface area contributed by atoms with Crippen LogP contribution in [0.2, 0.25) is 0 Å². The van der Waals surface area contributed by atoms with Crippen molar-refractivity contribution in [2.24, 2.45) is 23.2 Å². The number of hydrogen-bond donors (Lipinski definition) is 13. The van der Waals surface area contributed by atoms with Gasteiger partial charge in [0.1, 0.15) is 65.5 Å². The molecule has 4 aliphatic heterocycles. The van der Waals surface area contributed by atoms with Crippen molar-refractivity contribution >= 4 is 46.6 Å². The predicted molar refractivity (Wildman–Crippen MR) is 416 cm³/mol. The molecule has 4 fully saturated rings. The van der Waals surface area contributed by atoms with Gasteiger partial charge in [0.05, 0.1) is 96.5 Å². The maximum Gasteiger partial charge on any atom is 0.222 e. The monoisotopic (exact) mass is 1620 g/mol. The molecule has 658 valence electrons. The topological polar surface area (TPSA) is 469 Å². The van der Waals surface area contributed by atoms with Gasteiger partial charge in [0.25, 0.3) is 0 Å². The molecule has 0 aromatic heterocycles. The van der Waals surface area contributed by atoms with Crippen LogP contribution < -0.4 is 10.6 Å². The first-order valence-electron chi connectivity index (χ1n) is 42.4. The van der Waals surface area contributed by atoms with Gasteiger partial charge in [-0.3, -0.25) is 33.6 Å². The lowest BCUT2D eigenvalue weighted by Crippen LogP contribution is -2.55. The lowest BCUT2D eigenvalue weighted by molar-refractivity contribution is -0.282. The Morgan fingerprint density at radius 3 is 1.06 bits per heavy atom. The lowest BCUT2D eigenvalue weighted by atomic mass is 9.88. The van der Waals surface area contributed by atoms with Gasteiger partial charge in [0.2, 0.25) is 17.7 Å². The summed E-state index contributed by atoms with van der Waals surface area (Å²) in [4.78, 5) is 100. The third kappa shape index (κ3) is 43.0. The second-order valence-electron chi connectivity index (χ2n) is 31.6. The number of aliphatic hydroxyl groups is 11. The molecule has 0 saturated carbocycles. The summed E-state index contributed by atoms with van der Waals surface area (Å²) >= 11 is 0. The summed E-state index contributed by atoms with van der Waals surface area (Å²) < 4.78 is 52.1. The zero-order valence-electron chi connectivity index (χ0n) is 68.7. The Morgan fingerprint density at radius 1 is 0.381 bits per heavy atom. The Kier molecular flexibility index (Phi) is 55.9. The van der Waals surface area contributed by atoms with Gasteiger partial charge in [-0.25, -0.2) is 0 Å². The molecule has 15 unspecified atom stereocenters. The third-order valence-corrected chi connectivity index (χ3v) is 21.8. The van der Waals surface area contributed by atoms with Crippen molar-refractivity contribution in [3.63, 3.8) is 0 Å². The molecule has 0 radical (unpaired) electrons. The van der Waals surface area contributed by atoms with Crippen molar-refractivity contribution in [1.29, 1.82) is 0 Å². The molecular formula is C82H147N3O28. The number of nitrogens with zero attached hydrogens (tertiary/aromatic N) is 1. The zero-order chi connectivity index (χ0) is 83.4. The summed E-state index contributed by atoms with van der Waals surface area (Å²) in [6.45, 7) is 10.3. The van der Waals surface area contributed by atoms with Gasteiger partial charge in [-0.1, -0.05) is 79.1 Å². The Hall–Kier alpha value is -4.04. The summed E-state index contributed by atoms with van der Waals surface area (Å²) in [5.74, 6) is -1.13. The minimum absolute atomic E-state index is 0.0456. The minimum Gasteiger partial charge on any atom is -0.394 e. The number of aliphatic hydroxyl groups excluding tert-OH is 11. The molecule has 13 N–H and O–H groups in total. The van der Waals surface area contributed by atoms with E-state index in [0.717, 1.165) is 44.9 Å². The number of carbonyl (C=O) groups is 8. The number of hydrogen-bond acceptors (Lipinski definition) is 28. The first-order chi connectivity index (χ1) is 54.2. The number of amides is 3. The van der Waals surface area contributed by atoms with Crippen molar-refractivity contribution in [3.05, 3.63) is 0 Å². The fraction of sp³-hybridized carbons (Fsp3) is 0.902. The van der Waals surface area contributed by atoms with E-state index in [-0.39, 0.29) is 131 Å². The SMILES string of the molecule is CC(=O)CCCCCCCCCCC(=O)N1C[C@H](O)C[C@H]1CO.CCC(COCCC(=O)CCCCCC(=O)CCCCOC1OC(CO)C(O)C(O)C1C)(COCCC(=O)CCCCCC(=O)CCCCOC1OC(CO)C(O)C(O)C1C)COCCC(=O)NCCCNC(=O)CCCCOC1OC(CO)C(O)C(O)C1C. The third-order valence-electron chi connectivity index (χ3n) is 21.8. The Morgan fingerprint density at radius 2 is 0.699 bits per heavy atom. The molecule has 17 atom stereocenters. The molecule has 0 aromatic carbocycles. The number of rotatable bonds is 65. The van der Waals surface area contributed by atoms with Gasteiger partial charge >= 0.3 is 0 Å². The van der Waals surface area contributed by atoms with Crippen LogP contribution in [0.5, 0.6) is 0 Å². The summed E-state index contributed by atoms with van der Waals surface area (Å²) in [7, 11) is 0. The first-order valence-corrected chi connectivity index (χ1v) is 42.4. The Labute approximate surface area is 670 Å². The number of nitrogens with one attached hydrogen (secondary N) is 2. The van der Waals surface area contributed by atoms with Gasteiger partial charge in [0, 0.05) is 140 Å². The van der Waals surface area contributed by atoms with E-state index in [2.05, 4.69) is 10.6 Å². The highest BCUT2D eigenvalue weighted by atomic mass is 16.7. The quantitative estimate of drug-likeness (QED) is 0.0369. The van der Waals surface area contributed by atoms with E-state index in [1.165, 1.54) is 19.3 Å². The molecule has 31 heteroatoms. The maximum absolute atomic E-state index is 12.8. The number of likely N-dealkylation sites (tertiary alicyclic amines) is 1. The molecule has 0 spiro atoms. The van der Waals surface area contributed by atoms with Crippen molar-refractivity contribution in [1.82, 2.24) is 15.5 Å². The Bertz CT molecular complexity index is 2380. The normalized spacial score (nSPS) is 26.3. The largest absolute Gasteiger partial charge is 0.394 e. The van der Waals surface area contributed by atoms with Gasteiger partial charge in [-0.2, -0.15) is 0 Å². The van der Waals surface area contributed by atoms with Crippen LogP contribution >= 0.6 is 0 Å². The zero-order valence-corrected chi connectivity index (χ0v) is 68.7. The second-order valence-corrected chi connectivity index (χ2v) is 31.6. The van der Waals surface area contributed by atoms with Crippen LogP contribution in [-0.2, 0) is 81.0 Å². The van der Waals surface area contributed by atoms with Gasteiger partial charge in [0.15, 0.2) is 18.9 Å². The smallest absolute Gasteiger partial charge is 0.222 e. The molecular weight excluding hydrogens is 1470 g/mol. The van der Waals surface area contributed by atoms with E-state index >= 15 is 0 Å². The van der Waals surface area contributed by atoms with Crippen LogP contribution in [0.1, 0.15) is 259 Å². The number of carbonyl (C=O) groups excluding carboxylic acids is 8. The summed E-state index contributed by atoms with van der Waals surface area (Å²) in [5, 5.41) is 114. The number of ether oxygens (including phenoxy) is 9. The molecule has 4 aliphatic rings. The van der Waals surface area contributed by atoms with Crippen LogP contribution in [0, 0.1) is 23.2 Å². The number of ketones is 5. The molecule has 0 aromatic rings. The van der Waals surface area contributed by atoms with Gasteiger partial charge < -0.3 is 119 Å². The van der Waals surface area contributed by atoms with E-state index in [1.807, 2.05) is 6.92 Å². The fourth-order valence-electron chi connectivity index (χ4n) is 14.0.